The number of epoxide rings is 1. The van der Waals surface area contributed by atoms with Gasteiger partial charge in [-0.3, -0.25) is 0 Å². The highest BCUT2D eigenvalue weighted by Crippen LogP contribution is 2.31. The molecule has 1 saturated heterocycles. The van der Waals surface area contributed by atoms with Gasteiger partial charge >= 0.3 is 0 Å². The summed E-state index contributed by atoms with van der Waals surface area (Å²) in [6, 6.07) is 0. The Bertz CT molecular complexity index is 172. The van der Waals surface area contributed by atoms with Gasteiger partial charge in [-0.1, -0.05) is 77.6 Å². The standard InChI is InChI=1S/C16H32O/c1-3-4-5-6-7-8-9-10-11-12-13-14-16(2)15-17-16/h3-15H2,1-2H3. The summed E-state index contributed by atoms with van der Waals surface area (Å²) >= 11 is 0. The van der Waals surface area contributed by atoms with Gasteiger partial charge in [0.1, 0.15) is 0 Å². The minimum atomic E-state index is 0.291. The molecule has 1 aliphatic rings. The Morgan fingerprint density at radius 2 is 1.18 bits per heavy atom. The van der Waals surface area contributed by atoms with Gasteiger partial charge in [-0.15, -0.1) is 0 Å². The monoisotopic (exact) mass is 240 g/mol. The third-order valence-corrected chi connectivity index (χ3v) is 3.95. The highest BCUT2D eigenvalue weighted by molar-refractivity contribution is 4.86. The SMILES string of the molecule is CCCCCCCCCCCCCC1(C)CO1. The van der Waals surface area contributed by atoms with Gasteiger partial charge in [-0.05, 0) is 13.3 Å². The first-order valence-corrected chi connectivity index (χ1v) is 7.91. The van der Waals surface area contributed by atoms with Crippen LogP contribution in [0.3, 0.4) is 0 Å². The first-order chi connectivity index (χ1) is 8.27. The van der Waals surface area contributed by atoms with E-state index < -0.39 is 0 Å². The zero-order valence-corrected chi connectivity index (χ0v) is 12.1. The molecule has 17 heavy (non-hydrogen) atoms. The predicted molar refractivity (Wildman–Crippen MR) is 75.4 cm³/mol. The summed E-state index contributed by atoms with van der Waals surface area (Å²) in [5, 5.41) is 0. The molecule has 1 heterocycles. The first-order valence-electron chi connectivity index (χ1n) is 7.91. The minimum absolute atomic E-state index is 0.291. The minimum Gasteiger partial charge on any atom is -0.370 e. The van der Waals surface area contributed by atoms with Crippen LogP contribution in [0.5, 0.6) is 0 Å². The van der Waals surface area contributed by atoms with Crippen LogP contribution in [0.15, 0.2) is 0 Å². The van der Waals surface area contributed by atoms with Crippen molar-refractivity contribution >= 4 is 0 Å². The molecule has 1 unspecified atom stereocenters. The summed E-state index contributed by atoms with van der Waals surface area (Å²) in [6.45, 7) is 5.53. The number of unbranched alkanes of at least 4 members (excludes halogenated alkanes) is 10. The van der Waals surface area contributed by atoms with E-state index in [1.165, 1.54) is 77.0 Å². The summed E-state index contributed by atoms with van der Waals surface area (Å²) in [4.78, 5) is 0. The van der Waals surface area contributed by atoms with Crippen molar-refractivity contribution in [2.24, 2.45) is 0 Å². The molecule has 1 rings (SSSR count). The van der Waals surface area contributed by atoms with Crippen molar-refractivity contribution in [3.8, 4) is 0 Å². The van der Waals surface area contributed by atoms with Gasteiger partial charge in [0.25, 0.3) is 0 Å². The molecule has 0 aromatic carbocycles. The molecule has 0 N–H and O–H groups in total. The summed E-state index contributed by atoms with van der Waals surface area (Å²) < 4.78 is 5.39. The van der Waals surface area contributed by atoms with E-state index in [2.05, 4.69) is 13.8 Å². The van der Waals surface area contributed by atoms with Gasteiger partial charge in [-0.2, -0.15) is 0 Å². The van der Waals surface area contributed by atoms with Crippen molar-refractivity contribution in [3.05, 3.63) is 0 Å². The summed E-state index contributed by atoms with van der Waals surface area (Å²) in [6.07, 6.45) is 17.0. The third kappa shape index (κ3) is 8.65. The zero-order chi connectivity index (χ0) is 12.4. The molecule has 0 radical (unpaired) electrons. The summed E-state index contributed by atoms with van der Waals surface area (Å²) in [5.41, 5.74) is 0.291. The van der Waals surface area contributed by atoms with Crippen LogP contribution in [0.4, 0.5) is 0 Å². The summed E-state index contributed by atoms with van der Waals surface area (Å²) in [7, 11) is 0. The lowest BCUT2D eigenvalue weighted by atomic mass is 10.0. The molecule has 0 aliphatic carbocycles. The second-order valence-corrected chi connectivity index (χ2v) is 6.02. The molecule has 0 bridgehead atoms. The van der Waals surface area contributed by atoms with Gasteiger partial charge in [0.15, 0.2) is 0 Å². The zero-order valence-electron chi connectivity index (χ0n) is 12.1. The lowest BCUT2D eigenvalue weighted by Gasteiger charge is -2.04. The molecular weight excluding hydrogens is 208 g/mol. The molecule has 102 valence electrons. The third-order valence-electron chi connectivity index (χ3n) is 3.95. The van der Waals surface area contributed by atoms with Gasteiger partial charge in [-0.25, -0.2) is 0 Å². The van der Waals surface area contributed by atoms with Crippen LogP contribution in [-0.4, -0.2) is 12.2 Å². The number of ether oxygens (including phenoxy) is 1. The second kappa shape index (κ2) is 8.97. The molecule has 0 spiro atoms. The van der Waals surface area contributed by atoms with Crippen LogP contribution in [-0.2, 0) is 4.74 Å². The van der Waals surface area contributed by atoms with Gasteiger partial charge in [0.2, 0.25) is 0 Å². The normalized spacial score (nSPS) is 22.9. The van der Waals surface area contributed by atoms with Crippen LogP contribution >= 0.6 is 0 Å². The highest BCUT2D eigenvalue weighted by atomic mass is 16.6. The predicted octanol–water partition coefficient (Wildman–Crippen LogP) is 5.48. The van der Waals surface area contributed by atoms with E-state index in [1.54, 1.807) is 0 Å². The van der Waals surface area contributed by atoms with Crippen LogP contribution in [0.1, 0.15) is 90.9 Å². The number of hydrogen-bond donors (Lipinski definition) is 0. The molecule has 1 heteroatoms. The fourth-order valence-electron chi connectivity index (χ4n) is 2.43. The van der Waals surface area contributed by atoms with E-state index in [0.717, 1.165) is 6.61 Å². The lowest BCUT2D eigenvalue weighted by molar-refractivity contribution is 0.301. The van der Waals surface area contributed by atoms with Crippen LogP contribution in [0, 0.1) is 0 Å². The maximum atomic E-state index is 5.39. The molecular formula is C16H32O. The van der Waals surface area contributed by atoms with Gasteiger partial charge < -0.3 is 4.74 Å². The molecule has 0 saturated carbocycles. The molecule has 0 amide bonds. The molecule has 0 aromatic heterocycles. The first kappa shape index (κ1) is 15.0. The number of hydrogen-bond acceptors (Lipinski definition) is 1. The molecule has 0 aromatic rings. The van der Waals surface area contributed by atoms with Gasteiger partial charge in [0, 0.05) is 0 Å². The molecule has 1 atom stereocenters. The topological polar surface area (TPSA) is 12.5 Å². The Hall–Kier alpha value is -0.0400. The van der Waals surface area contributed by atoms with Crippen molar-refractivity contribution in [2.75, 3.05) is 6.61 Å². The van der Waals surface area contributed by atoms with E-state index in [4.69, 9.17) is 4.74 Å². The average molecular weight is 240 g/mol. The average Bonchev–Trinajstić information content (AvgIpc) is 3.05. The van der Waals surface area contributed by atoms with Crippen molar-refractivity contribution in [2.45, 2.75) is 96.5 Å². The van der Waals surface area contributed by atoms with Crippen LogP contribution < -0.4 is 0 Å². The fourth-order valence-corrected chi connectivity index (χ4v) is 2.43. The maximum Gasteiger partial charge on any atom is 0.0888 e. The molecule has 1 fully saturated rings. The van der Waals surface area contributed by atoms with Crippen LogP contribution in [0.25, 0.3) is 0 Å². The Kier molecular flexibility index (Phi) is 7.92. The van der Waals surface area contributed by atoms with Gasteiger partial charge in [0.05, 0.1) is 12.2 Å². The second-order valence-electron chi connectivity index (χ2n) is 6.02. The Labute approximate surface area is 108 Å². The Morgan fingerprint density at radius 1 is 0.765 bits per heavy atom. The van der Waals surface area contributed by atoms with Crippen molar-refractivity contribution < 1.29 is 4.74 Å². The fraction of sp³-hybridized carbons (Fsp3) is 1.00. The highest BCUT2D eigenvalue weighted by Gasteiger charge is 2.37. The maximum absolute atomic E-state index is 5.39. The molecule has 1 aliphatic heterocycles. The lowest BCUT2D eigenvalue weighted by Crippen LogP contribution is -2.02. The van der Waals surface area contributed by atoms with E-state index in [-0.39, 0.29) is 0 Å². The quantitative estimate of drug-likeness (QED) is 0.325. The van der Waals surface area contributed by atoms with Crippen LogP contribution in [0.2, 0.25) is 0 Å². The Morgan fingerprint density at radius 3 is 1.59 bits per heavy atom. The van der Waals surface area contributed by atoms with E-state index in [0.29, 0.717) is 5.60 Å². The smallest absolute Gasteiger partial charge is 0.0888 e. The largest absolute Gasteiger partial charge is 0.370 e. The molecule has 1 nitrogen and oxygen atoms in total. The van der Waals surface area contributed by atoms with E-state index in [1.807, 2.05) is 0 Å². The van der Waals surface area contributed by atoms with Crippen molar-refractivity contribution in [3.63, 3.8) is 0 Å². The summed E-state index contributed by atoms with van der Waals surface area (Å²) in [5.74, 6) is 0. The van der Waals surface area contributed by atoms with Crippen molar-refractivity contribution in [1.29, 1.82) is 0 Å². The Balaban J connectivity index is 1.67. The van der Waals surface area contributed by atoms with E-state index >= 15 is 0 Å². The van der Waals surface area contributed by atoms with Crippen molar-refractivity contribution in [1.82, 2.24) is 0 Å². The van der Waals surface area contributed by atoms with E-state index in [9.17, 15) is 0 Å². The number of rotatable bonds is 12.